The van der Waals surface area contributed by atoms with E-state index in [1.54, 1.807) is 31.5 Å². The smallest absolute Gasteiger partial charge is 0.158 e. The number of carbonyl (C=O) groups excluding carboxylic acids is 2. The first-order valence-corrected chi connectivity index (χ1v) is 5.39. The van der Waals surface area contributed by atoms with Gasteiger partial charge in [0.05, 0.1) is 0 Å². The van der Waals surface area contributed by atoms with Crippen LogP contribution in [0.1, 0.15) is 25.3 Å². The van der Waals surface area contributed by atoms with Gasteiger partial charge in [-0.1, -0.05) is 12.6 Å². The van der Waals surface area contributed by atoms with E-state index in [9.17, 15) is 9.59 Å². The van der Waals surface area contributed by atoms with Crippen molar-refractivity contribution >= 4 is 17.6 Å². The molecule has 0 spiro atoms. The number of carbonyl (C=O) groups is 2. The number of hydrogen-bond donors (Lipinski definition) is 0. The van der Waals surface area contributed by atoms with Gasteiger partial charge in [-0.2, -0.15) is 0 Å². The van der Waals surface area contributed by atoms with E-state index in [0.717, 1.165) is 5.56 Å². The lowest BCUT2D eigenvalue weighted by atomic mass is 10.1. The van der Waals surface area contributed by atoms with Gasteiger partial charge in [0.15, 0.2) is 11.6 Å². The third kappa shape index (κ3) is 5.02. The predicted molar refractivity (Wildman–Crippen MR) is 67.3 cm³/mol. The highest BCUT2D eigenvalue weighted by atomic mass is 16.1. The van der Waals surface area contributed by atoms with E-state index in [-0.39, 0.29) is 24.4 Å². The van der Waals surface area contributed by atoms with Gasteiger partial charge in [-0.05, 0) is 36.3 Å². The van der Waals surface area contributed by atoms with Crippen molar-refractivity contribution in [3.63, 3.8) is 0 Å². The lowest BCUT2D eigenvalue weighted by Crippen LogP contribution is -2.02. The molecule has 88 valence electrons. The van der Waals surface area contributed by atoms with Gasteiger partial charge < -0.3 is 0 Å². The molecule has 0 amide bonds. The van der Waals surface area contributed by atoms with Crippen LogP contribution in [0.2, 0.25) is 0 Å². The van der Waals surface area contributed by atoms with Crippen LogP contribution >= 0.6 is 0 Å². The predicted octanol–water partition coefficient (Wildman–Crippen LogP) is 2.59. The SMILES string of the molecule is C=C(C)C(=O)CCC(=O)/C=C/c1cccnc1. The number of allylic oxidation sites excluding steroid dienone is 2. The molecule has 0 aliphatic carbocycles. The van der Waals surface area contributed by atoms with Crippen LogP contribution < -0.4 is 0 Å². The lowest BCUT2D eigenvalue weighted by molar-refractivity contribution is -0.120. The first kappa shape index (κ1) is 13.0. The number of Topliss-reactive ketones (excluding diaryl/α,β-unsaturated/α-hetero) is 1. The van der Waals surface area contributed by atoms with Crippen LogP contribution in [0, 0.1) is 0 Å². The number of aromatic nitrogens is 1. The van der Waals surface area contributed by atoms with Crippen LogP contribution in [-0.4, -0.2) is 16.6 Å². The van der Waals surface area contributed by atoms with Crippen LogP contribution in [-0.2, 0) is 9.59 Å². The molecule has 0 atom stereocenters. The van der Waals surface area contributed by atoms with Gasteiger partial charge in [0.25, 0.3) is 0 Å². The summed E-state index contributed by atoms with van der Waals surface area (Å²) in [5.41, 5.74) is 1.36. The molecule has 0 unspecified atom stereocenters. The molecular weight excluding hydrogens is 214 g/mol. The summed E-state index contributed by atoms with van der Waals surface area (Å²) in [4.78, 5) is 26.6. The molecule has 0 aliphatic heterocycles. The molecule has 0 radical (unpaired) electrons. The van der Waals surface area contributed by atoms with Gasteiger partial charge in [-0.15, -0.1) is 0 Å². The third-order valence-corrected chi connectivity index (χ3v) is 2.22. The first-order chi connectivity index (χ1) is 8.09. The van der Waals surface area contributed by atoms with Gasteiger partial charge in [0.1, 0.15) is 0 Å². The van der Waals surface area contributed by atoms with Crippen molar-refractivity contribution in [3.8, 4) is 0 Å². The second-order valence-corrected chi connectivity index (χ2v) is 3.79. The molecule has 0 saturated carbocycles. The monoisotopic (exact) mass is 229 g/mol. The number of nitrogens with zero attached hydrogens (tertiary/aromatic N) is 1. The Morgan fingerprint density at radius 3 is 2.76 bits per heavy atom. The second kappa shape index (κ2) is 6.53. The van der Waals surface area contributed by atoms with E-state index >= 15 is 0 Å². The maximum atomic E-state index is 11.5. The normalized spacial score (nSPS) is 10.4. The quantitative estimate of drug-likeness (QED) is 0.704. The van der Waals surface area contributed by atoms with E-state index in [1.165, 1.54) is 6.08 Å². The highest BCUT2D eigenvalue weighted by Crippen LogP contribution is 2.03. The summed E-state index contributed by atoms with van der Waals surface area (Å²) in [6, 6.07) is 3.66. The van der Waals surface area contributed by atoms with Crippen molar-refractivity contribution in [3.05, 3.63) is 48.3 Å². The summed E-state index contributed by atoms with van der Waals surface area (Å²) in [6.07, 6.45) is 6.96. The molecule has 0 bridgehead atoms. The van der Waals surface area contributed by atoms with Crippen LogP contribution in [0.15, 0.2) is 42.8 Å². The molecule has 1 aromatic rings. The number of rotatable bonds is 6. The summed E-state index contributed by atoms with van der Waals surface area (Å²) in [7, 11) is 0. The molecule has 1 rings (SSSR count). The summed E-state index contributed by atoms with van der Waals surface area (Å²) in [6.45, 7) is 5.19. The maximum absolute atomic E-state index is 11.5. The minimum atomic E-state index is -0.0662. The van der Waals surface area contributed by atoms with Crippen molar-refractivity contribution in [1.82, 2.24) is 4.98 Å². The van der Waals surface area contributed by atoms with Crippen molar-refractivity contribution < 1.29 is 9.59 Å². The van der Waals surface area contributed by atoms with Crippen LogP contribution in [0.4, 0.5) is 0 Å². The Bertz CT molecular complexity index is 447. The summed E-state index contributed by atoms with van der Waals surface area (Å²) in [5.74, 6) is -0.128. The molecule has 3 heteroatoms. The molecule has 0 N–H and O–H groups in total. The summed E-state index contributed by atoms with van der Waals surface area (Å²) < 4.78 is 0. The summed E-state index contributed by atoms with van der Waals surface area (Å²) in [5, 5.41) is 0. The maximum Gasteiger partial charge on any atom is 0.158 e. The topological polar surface area (TPSA) is 47.0 Å². The molecule has 0 fully saturated rings. The highest BCUT2D eigenvalue weighted by molar-refractivity contribution is 5.99. The van der Waals surface area contributed by atoms with Crippen LogP contribution in [0.25, 0.3) is 6.08 Å². The van der Waals surface area contributed by atoms with Crippen molar-refractivity contribution in [2.45, 2.75) is 19.8 Å². The minimum Gasteiger partial charge on any atom is -0.295 e. The molecular formula is C14H15NO2. The van der Waals surface area contributed by atoms with Gasteiger partial charge in [0.2, 0.25) is 0 Å². The minimum absolute atomic E-state index is 0.0619. The van der Waals surface area contributed by atoms with Gasteiger partial charge >= 0.3 is 0 Å². The van der Waals surface area contributed by atoms with E-state index in [0.29, 0.717) is 5.57 Å². The zero-order chi connectivity index (χ0) is 12.7. The standard InChI is InChI=1S/C14H15NO2/c1-11(2)14(17)8-7-13(16)6-5-12-4-3-9-15-10-12/h3-6,9-10H,1,7-8H2,2H3/b6-5+. The third-order valence-electron chi connectivity index (χ3n) is 2.22. The number of pyridine rings is 1. The van der Waals surface area contributed by atoms with Gasteiger partial charge in [0, 0.05) is 25.2 Å². The van der Waals surface area contributed by atoms with Crippen molar-refractivity contribution in [2.75, 3.05) is 0 Å². The van der Waals surface area contributed by atoms with Crippen LogP contribution in [0.5, 0.6) is 0 Å². The van der Waals surface area contributed by atoms with E-state index in [4.69, 9.17) is 0 Å². The van der Waals surface area contributed by atoms with Gasteiger partial charge in [-0.25, -0.2) is 0 Å². The van der Waals surface area contributed by atoms with Crippen molar-refractivity contribution in [2.24, 2.45) is 0 Å². The zero-order valence-corrected chi connectivity index (χ0v) is 9.85. The molecule has 17 heavy (non-hydrogen) atoms. The van der Waals surface area contributed by atoms with E-state index in [1.807, 2.05) is 6.07 Å². The molecule has 0 aliphatic rings. The first-order valence-electron chi connectivity index (χ1n) is 5.39. The lowest BCUT2D eigenvalue weighted by Gasteiger charge is -1.96. The number of hydrogen-bond acceptors (Lipinski definition) is 3. The highest BCUT2D eigenvalue weighted by Gasteiger charge is 2.04. The fourth-order valence-corrected chi connectivity index (χ4v) is 1.20. The Morgan fingerprint density at radius 2 is 2.18 bits per heavy atom. The molecule has 1 heterocycles. The Balaban J connectivity index is 2.43. The average Bonchev–Trinajstić information content (AvgIpc) is 2.34. The Hall–Kier alpha value is -2.03. The molecule has 0 aromatic carbocycles. The molecule has 0 saturated heterocycles. The Labute approximate surface area is 101 Å². The fraction of sp³-hybridized carbons (Fsp3) is 0.214. The number of ketones is 2. The average molecular weight is 229 g/mol. The summed E-state index contributed by atoms with van der Waals surface area (Å²) >= 11 is 0. The Morgan fingerprint density at radius 1 is 1.41 bits per heavy atom. The second-order valence-electron chi connectivity index (χ2n) is 3.79. The zero-order valence-electron chi connectivity index (χ0n) is 9.85. The Kier molecular flexibility index (Phi) is 5.01. The van der Waals surface area contributed by atoms with Crippen molar-refractivity contribution in [1.29, 1.82) is 0 Å². The largest absolute Gasteiger partial charge is 0.295 e. The molecule has 3 nitrogen and oxygen atoms in total. The van der Waals surface area contributed by atoms with Crippen LogP contribution in [0.3, 0.4) is 0 Å². The fourth-order valence-electron chi connectivity index (χ4n) is 1.20. The van der Waals surface area contributed by atoms with Gasteiger partial charge in [-0.3, -0.25) is 14.6 Å². The van der Waals surface area contributed by atoms with E-state index in [2.05, 4.69) is 11.6 Å². The van der Waals surface area contributed by atoms with E-state index < -0.39 is 0 Å². The molecule has 1 aromatic heterocycles.